The second kappa shape index (κ2) is 7.80. The Hall–Kier alpha value is -3.80. The Morgan fingerprint density at radius 1 is 0.935 bits per heavy atom. The molecule has 5 rings (SSSR count). The molecule has 2 heterocycles. The van der Waals surface area contributed by atoms with Gasteiger partial charge in [0.05, 0.1) is 6.21 Å². The average molecular weight is 413 g/mol. The molecule has 3 aromatic carbocycles. The van der Waals surface area contributed by atoms with E-state index in [1.807, 2.05) is 42.5 Å². The summed E-state index contributed by atoms with van der Waals surface area (Å²) in [5, 5.41) is 4.06. The minimum Gasteiger partial charge on any atom is -0.454 e. The highest BCUT2D eigenvalue weighted by Crippen LogP contribution is 2.32. The number of carbonyl (C=O) groups excluding carboxylic acids is 1. The molecular formula is C25H23N3O3. The molecule has 6 nitrogen and oxygen atoms in total. The summed E-state index contributed by atoms with van der Waals surface area (Å²) in [4.78, 5) is 14.7. The number of carbonyl (C=O) groups is 1. The van der Waals surface area contributed by atoms with Gasteiger partial charge in [-0.1, -0.05) is 12.1 Å². The highest BCUT2D eigenvalue weighted by Gasteiger charge is 2.20. The smallest absolute Gasteiger partial charge is 0.271 e. The predicted molar refractivity (Wildman–Crippen MR) is 120 cm³/mol. The van der Waals surface area contributed by atoms with Crippen molar-refractivity contribution in [3.05, 3.63) is 88.0 Å². The number of hydrogen-bond acceptors (Lipinski definition) is 5. The van der Waals surface area contributed by atoms with E-state index in [9.17, 15) is 4.79 Å². The SMILES string of the molecule is Cc1cc2c(cc1C)CN(c1ccc(C(=O)N/N=C/c3ccc4c(c3)OCO4)cc1)C2. The number of hydrazone groups is 1. The maximum absolute atomic E-state index is 12.4. The lowest BCUT2D eigenvalue weighted by Gasteiger charge is -2.17. The second-order valence-electron chi connectivity index (χ2n) is 7.92. The molecule has 0 saturated carbocycles. The maximum Gasteiger partial charge on any atom is 0.271 e. The molecule has 0 aliphatic carbocycles. The van der Waals surface area contributed by atoms with Crippen LogP contribution in [0.3, 0.4) is 0 Å². The van der Waals surface area contributed by atoms with E-state index in [0.29, 0.717) is 17.1 Å². The van der Waals surface area contributed by atoms with E-state index < -0.39 is 0 Å². The molecule has 0 bridgehead atoms. The predicted octanol–water partition coefficient (Wildman–Crippen LogP) is 4.32. The standard InChI is InChI=1S/C25H23N3O3/c1-16-9-20-13-28(14-21(20)10-17(16)2)22-6-4-19(5-7-22)25(29)27-26-12-18-3-8-23-24(11-18)31-15-30-23/h3-12H,13-15H2,1-2H3,(H,27,29)/b26-12+. The zero-order valence-corrected chi connectivity index (χ0v) is 17.5. The number of benzene rings is 3. The molecule has 0 radical (unpaired) electrons. The van der Waals surface area contributed by atoms with Gasteiger partial charge < -0.3 is 14.4 Å². The van der Waals surface area contributed by atoms with Crippen LogP contribution in [0.2, 0.25) is 0 Å². The van der Waals surface area contributed by atoms with Crippen molar-refractivity contribution in [1.29, 1.82) is 0 Å². The van der Waals surface area contributed by atoms with E-state index in [4.69, 9.17) is 9.47 Å². The van der Waals surface area contributed by atoms with Crippen molar-refractivity contribution in [1.82, 2.24) is 5.43 Å². The number of nitrogens with zero attached hydrogens (tertiary/aromatic N) is 2. The minimum absolute atomic E-state index is 0.228. The first-order valence-corrected chi connectivity index (χ1v) is 10.2. The third kappa shape index (κ3) is 3.84. The molecular weight excluding hydrogens is 390 g/mol. The van der Waals surface area contributed by atoms with Crippen LogP contribution in [0.1, 0.15) is 38.2 Å². The van der Waals surface area contributed by atoms with Gasteiger partial charge in [-0.05, 0) is 84.1 Å². The fraction of sp³-hybridized carbons (Fsp3) is 0.200. The molecule has 2 aliphatic rings. The van der Waals surface area contributed by atoms with Crippen molar-refractivity contribution >= 4 is 17.8 Å². The number of amides is 1. The monoisotopic (exact) mass is 413 g/mol. The largest absolute Gasteiger partial charge is 0.454 e. The summed E-state index contributed by atoms with van der Waals surface area (Å²) in [6, 6.07) is 17.7. The summed E-state index contributed by atoms with van der Waals surface area (Å²) in [5.41, 5.74) is 10.5. The van der Waals surface area contributed by atoms with Gasteiger partial charge in [0.2, 0.25) is 6.79 Å². The highest BCUT2D eigenvalue weighted by molar-refractivity contribution is 5.95. The topological polar surface area (TPSA) is 63.2 Å². The van der Waals surface area contributed by atoms with E-state index in [2.05, 4.69) is 41.4 Å². The van der Waals surface area contributed by atoms with Crippen LogP contribution in [0, 0.1) is 13.8 Å². The van der Waals surface area contributed by atoms with E-state index in [1.54, 1.807) is 6.21 Å². The normalized spacial score (nSPS) is 14.2. The Morgan fingerprint density at radius 3 is 2.32 bits per heavy atom. The maximum atomic E-state index is 12.4. The average Bonchev–Trinajstić information content (AvgIpc) is 3.40. The third-order valence-corrected chi connectivity index (χ3v) is 5.81. The lowest BCUT2D eigenvalue weighted by molar-refractivity contribution is 0.0955. The number of fused-ring (bicyclic) bond motifs is 2. The van der Waals surface area contributed by atoms with Crippen molar-refractivity contribution < 1.29 is 14.3 Å². The zero-order chi connectivity index (χ0) is 21.4. The van der Waals surface area contributed by atoms with Crippen molar-refractivity contribution in [3.8, 4) is 11.5 Å². The van der Waals surface area contributed by atoms with Gasteiger partial charge in [-0.3, -0.25) is 4.79 Å². The van der Waals surface area contributed by atoms with Crippen LogP contribution >= 0.6 is 0 Å². The Labute approximate surface area is 181 Å². The van der Waals surface area contributed by atoms with Gasteiger partial charge in [0.25, 0.3) is 5.91 Å². The van der Waals surface area contributed by atoms with E-state index >= 15 is 0 Å². The molecule has 1 amide bonds. The van der Waals surface area contributed by atoms with E-state index in [0.717, 1.165) is 24.3 Å². The number of ether oxygens (including phenoxy) is 2. The van der Waals surface area contributed by atoms with Crippen molar-refractivity contribution in [3.63, 3.8) is 0 Å². The summed E-state index contributed by atoms with van der Waals surface area (Å²) < 4.78 is 10.6. The lowest BCUT2D eigenvalue weighted by Crippen LogP contribution is -2.18. The molecule has 0 saturated heterocycles. The van der Waals surface area contributed by atoms with Gasteiger partial charge in [-0.25, -0.2) is 5.43 Å². The van der Waals surface area contributed by atoms with Crippen LogP contribution in [-0.4, -0.2) is 18.9 Å². The van der Waals surface area contributed by atoms with Gasteiger partial charge >= 0.3 is 0 Å². The van der Waals surface area contributed by atoms with Crippen LogP contribution in [-0.2, 0) is 13.1 Å². The van der Waals surface area contributed by atoms with Crippen LogP contribution in [0.25, 0.3) is 0 Å². The summed E-state index contributed by atoms with van der Waals surface area (Å²) in [6.07, 6.45) is 1.58. The molecule has 0 aromatic heterocycles. The third-order valence-electron chi connectivity index (χ3n) is 5.81. The Bertz CT molecular complexity index is 1150. The quantitative estimate of drug-likeness (QED) is 0.511. The number of rotatable bonds is 4. The lowest BCUT2D eigenvalue weighted by atomic mass is 10.0. The van der Waals surface area contributed by atoms with Gasteiger partial charge in [-0.15, -0.1) is 0 Å². The van der Waals surface area contributed by atoms with Crippen molar-refractivity contribution in [2.45, 2.75) is 26.9 Å². The van der Waals surface area contributed by atoms with Gasteiger partial charge in [0, 0.05) is 24.3 Å². The van der Waals surface area contributed by atoms with Crippen LogP contribution in [0.4, 0.5) is 5.69 Å². The Balaban J connectivity index is 1.21. The molecule has 0 spiro atoms. The molecule has 156 valence electrons. The highest BCUT2D eigenvalue weighted by atomic mass is 16.7. The first-order valence-electron chi connectivity index (χ1n) is 10.2. The van der Waals surface area contributed by atoms with Gasteiger partial charge in [0.1, 0.15) is 0 Å². The number of aryl methyl sites for hydroxylation is 2. The summed E-state index contributed by atoms with van der Waals surface area (Å²) in [7, 11) is 0. The fourth-order valence-electron chi connectivity index (χ4n) is 3.93. The molecule has 6 heteroatoms. The first-order chi connectivity index (χ1) is 15.1. The summed E-state index contributed by atoms with van der Waals surface area (Å²) >= 11 is 0. The van der Waals surface area contributed by atoms with E-state index in [-0.39, 0.29) is 12.7 Å². The zero-order valence-electron chi connectivity index (χ0n) is 17.5. The fourth-order valence-corrected chi connectivity index (χ4v) is 3.93. The Morgan fingerprint density at radius 2 is 1.61 bits per heavy atom. The van der Waals surface area contributed by atoms with Crippen LogP contribution in [0.15, 0.2) is 59.7 Å². The van der Waals surface area contributed by atoms with E-state index in [1.165, 1.54) is 22.3 Å². The number of nitrogens with one attached hydrogen (secondary N) is 1. The Kier molecular flexibility index (Phi) is 4.82. The number of anilines is 1. The van der Waals surface area contributed by atoms with Crippen LogP contribution < -0.4 is 19.8 Å². The molecule has 3 aromatic rings. The molecule has 31 heavy (non-hydrogen) atoms. The first kappa shape index (κ1) is 19.2. The molecule has 0 unspecified atom stereocenters. The van der Waals surface area contributed by atoms with Crippen molar-refractivity contribution in [2.75, 3.05) is 11.7 Å². The molecule has 0 atom stereocenters. The molecule has 1 N–H and O–H groups in total. The van der Waals surface area contributed by atoms with Gasteiger partial charge in [-0.2, -0.15) is 5.10 Å². The second-order valence-corrected chi connectivity index (χ2v) is 7.92. The molecule has 0 fully saturated rings. The minimum atomic E-state index is -0.250. The van der Waals surface area contributed by atoms with Gasteiger partial charge in [0.15, 0.2) is 11.5 Å². The number of hydrogen-bond donors (Lipinski definition) is 1. The summed E-state index contributed by atoms with van der Waals surface area (Å²) in [6.45, 7) is 6.32. The van der Waals surface area contributed by atoms with Crippen molar-refractivity contribution in [2.24, 2.45) is 5.10 Å². The molecule has 2 aliphatic heterocycles. The summed E-state index contributed by atoms with van der Waals surface area (Å²) in [5.74, 6) is 1.15. The van der Waals surface area contributed by atoms with Crippen LogP contribution in [0.5, 0.6) is 11.5 Å².